The summed E-state index contributed by atoms with van der Waals surface area (Å²) in [4.78, 5) is 23.0. The molecule has 8 nitrogen and oxygen atoms in total. The first-order chi connectivity index (χ1) is 13.5. The van der Waals surface area contributed by atoms with Crippen LogP contribution in [0.15, 0.2) is 55.4 Å². The molecule has 1 N–H and O–H groups in total. The van der Waals surface area contributed by atoms with Gasteiger partial charge in [-0.05, 0) is 36.0 Å². The van der Waals surface area contributed by atoms with E-state index in [2.05, 4.69) is 14.9 Å². The van der Waals surface area contributed by atoms with Crippen molar-refractivity contribution in [1.29, 1.82) is 0 Å². The summed E-state index contributed by atoms with van der Waals surface area (Å²) in [5, 5.41) is 17.2. The third-order valence-corrected chi connectivity index (χ3v) is 4.50. The lowest BCUT2D eigenvalue weighted by atomic mass is 10.1. The Kier molecular flexibility index (Phi) is 5.95. The topological polar surface area (TPSA) is 116 Å². The Bertz CT molecular complexity index is 1020. The quantitative estimate of drug-likeness (QED) is 0.358. The number of hydrogen-bond acceptors (Lipinski definition) is 8. The predicted molar refractivity (Wildman–Crippen MR) is 101 cm³/mol. The molecule has 0 saturated carbocycles. The van der Waals surface area contributed by atoms with Crippen molar-refractivity contribution in [1.82, 2.24) is 10.2 Å². The van der Waals surface area contributed by atoms with Gasteiger partial charge < -0.3 is 18.7 Å². The number of aromatic nitrogens is 2. The molecule has 0 spiro atoms. The Morgan fingerprint density at radius 3 is 2.50 bits per heavy atom. The SMILES string of the molecule is CCc1nnc(S/C(=C/c2ccc(-c3ccc(C(=O)OC)cc3)o2)C(=O)O)o1. The summed E-state index contributed by atoms with van der Waals surface area (Å²) >= 11 is 0.850. The zero-order valence-corrected chi connectivity index (χ0v) is 15.9. The number of benzene rings is 1. The molecule has 0 unspecified atom stereocenters. The zero-order valence-electron chi connectivity index (χ0n) is 15.0. The van der Waals surface area contributed by atoms with Gasteiger partial charge in [-0.2, -0.15) is 0 Å². The summed E-state index contributed by atoms with van der Waals surface area (Å²) < 4.78 is 15.7. The van der Waals surface area contributed by atoms with Crippen LogP contribution in [0.1, 0.15) is 28.9 Å². The van der Waals surface area contributed by atoms with Crippen LogP contribution >= 0.6 is 11.8 Å². The maximum atomic E-state index is 11.5. The molecule has 0 aliphatic heterocycles. The van der Waals surface area contributed by atoms with Gasteiger partial charge in [-0.1, -0.05) is 19.1 Å². The first-order valence-corrected chi connectivity index (χ1v) is 9.05. The first kappa shape index (κ1) is 19.4. The van der Waals surface area contributed by atoms with Crippen LogP contribution in [-0.2, 0) is 16.0 Å². The molecule has 0 fully saturated rings. The lowest BCUT2D eigenvalue weighted by Gasteiger charge is -2.01. The van der Waals surface area contributed by atoms with Gasteiger partial charge in [0.15, 0.2) is 0 Å². The molecule has 0 bridgehead atoms. The number of ether oxygens (including phenoxy) is 1. The Morgan fingerprint density at radius 2 is 1.89 bits per heavy atom. The number of rotatable bonds is 7. The molecule has 9 heteroatoms. The fourth-order valence-electron chi connectivity index (χ4n) is 2.25. The van der Waals surface area contributed by atoms with Gasteiger partial charge in [0, 0.05) is 18.1 Å². The molecule has 2 aromatic heterocycles. The number of esters is 1. The average molecular weight is 400 g/mol. The van der Waals surface area contributed by atoms with E-state index in [0.717, 1.165) is 17.3 Å². The number of carbonyl (C=O) groups is 2. The number of thioether (sulfide) groups is 1. The minimum Gasteiger partial charge on any atom is -0.477 e. The second-order valence-electron chi connectivity index (χ2n) is 5.50. The summed E-state index contributed by atoms with van der Waals surface area (Å²) in [7, 11) is 1.32. The van der Waals surface area contributed by atoms with Gasteiger partial charge >= 0.3 is 11.9 Å². The summed E-state index contributed by atoms with van der Waals surface area (Å²) in [5.41, 5.74) is 1.16. The number of carboxylic acids is 1. The Balaban J connectivity index is 1.80. The number of carboxylic acid groups (broad SMARTS) is 1. The Labute approximate surface area is 164 Å². The predicted octanol–water partition coefficient (Wildman–Crippen LogP) is 3.90. The molecule has 0 aliphatic carbocycles. The molecule has 28 heavy (non-hydrogen) atoms. The number of methoxy groups -OCH3 is 1. The second kappa shape index (κ2) is 8.57. The van der Waals surface area contributed by atoms with Crippen LogP contribution in [0.5, 0.6) is 0 Å². The molecule has 0 amide bonds. The molecule has 3 aromatic rings. The van der Waals surface area contributed by atoms with E-state index in [-0.39, 0.29) is 10.1 Å². The van der Waals surface area contributed by atoms with E-state index in [9.17, 15) is 14.7 Å². The van der Waals surface area contributed by atoms with E-state index in [1.807, 2.05) is 6.92 Å². The summed E-state index contributed by atoms with van der Waals surface area (Å²) in [6, 6.07) is 10.0. The highest BCUT2D eigenvalue weighted by Gasteiger charge is 2.16. The fraction of sp³-hybridized carbons (Fsp3) is 0.158. The van der Waals surface area contributed by atoms with Crippen LogP contribution in [0, 0.1) is 0 Å². The highest BCUT2D eigenvalue weighted by atomic mass is 32.2. The second-order valence-corrected chi connectivity index (χ2v) is 6.50. The van der Waals surface area contributed by atoms with Crippen molar-refractivity contribution in [2.24, 2.45) is 0 Å². The smallest absolute Gasteiger partial charge is 0.342 e. The maximum Gasteiger partial charge on any atom is 0.342 e. The molecule has 2 heterocycles. The van der Waals surface area contributed by atoms with Crippen LogP contribution in [0.3, 0.4) is 0 Å². The largest absolute Gasteiger partial charge is 0.477 e. The lowest BCUT2D eigenvalue weighted by Crippen LogP contribution is -2.00. The Morgan fingerprint density at radius 1 is 1.14 bits per heavy atom. The normalized spacial score (nSPS) is 11.4. The van der Waals surface area contributed by atoms with Crippen molar-refractivity contribution >= 4 is 29.8 Å². The minimum absolute atomic E-state index is 0.0201. The van der Waals surface area contributed by atoms with E-state index in [1.54, 1.807) is 36.4 Å². The van der Waals surface area contributed by atoms with E-state index in [0.29, 0.717) is 29.4 Å². The van der Waals surface area contributed by atoms with Gasteiger partial charge in [0.1, 0.15) is 16.4 Å². The monoisotopic (exact) mass is 400 g/mol. The van der Waals surface area contributed by atoms with Crippen LogP contribution in [0.2, 0.25) is 0 Å². The molecular formula is C19H16N2O6S. The Hall–Kier alpha value is -3.33. The average Bonchev–Trinajstić information content (AvgIpc) is 3.36. The van der Waals surface area contributed by atoms with E-state index in [4.69, 9.17) is 8.83 Å². The molecule has 0 atom stereocenters. The number of carbonyl (C=O) groups excluding carboxylic acids is 1. The minimum atomic E-state index is -1.14. The molecule has 1 aromatic carbocycles. The first-order valence-electron chi connectivity index (χ1n) is 8.24. The van der Waals surface area contributed by atoms with E-state index < -0.39 is 11.9 Å². The molecule has 144 valence electrons. The van der Waals surface area contributed by atoms with Crippen LogP contribution in [-0.4, -0.2) is 34.4 Å². The number of aryl methyl sites for hydroxylation is 1. The fourth-order valence-corrected chi connectivity index (χ4v) is 2.92. The molecule has 3 rings (SSSR count). The van der Waals surface area contributed by atoms with Gasteiger partial charge in [-0.25, -0.2) is 9.59 Å². The number of nitrogens with zero attached hydrogens (tertiary/aromatic N) is 2. The zero-order chi connectivity index (χ0) is 20.1. The van der Waals surface area contributed by atoms with Crippen LogP contribution < -0.4 is 0 Å². The van der Waals surface area contributed by atoms with E-state index >= 15 is 0 Å². The van der Waals surface area contributed by atoms with Gasteiger partial charge in [0.2, 0.25) is 5.89 Å². The maximum absolute atomic E-state index is 11.5. The number of hydrogen-bond donors (Lipinski definition) is 1. The standard InChI is InChI=1S/C19H16N2O6S/c1-3-16-20-21-19(27-16)28-15(17(22)23)10-13-8-9-14(26-13)11-4-6-12(7-5-11)18(24)25-2/h4-10H,3H2,1-2H3,(H,22,23)/b15-10+. The summed E-state index contributed by atoms with van der Waals surface area (Å²) in [6.07, 6.45) is 1.95. The molecular weight excluding hydrogens is 384 g/mol. The van der Waals surface area contributed by atoms with Gasteiger partial charge in [0.25, 0.3) is 5.22 Å². The summed E-state index contributed by atoms with van der Waals surface area (Å²) in [6.45, 7) is 1.86. The van der Waals surface area contributed by atoms with Gasteiger partial charge in [-0.15, -0.1) is 10.2 Å². The summed E-state index contributed by atoms with van der Waals surface area (Å²) in [5.74, 6) is -0.245. The molecule has 0 radical (unpaired) electrons. The van der Waals surface area contributed by atoms with Crippen LogP contribution in [0.4, 0.5) is 0 Å². The van der Waals surface area contributed by atoms with Crippen LogP contribution in [0.25, 0.3) is 17.4 Å². The van der Waals surface area contributed by atoms with Crippen molar-refractivity contribution in [3.05, 3.63) is 58.5 Å². The highest BCUT2D eigenvalue weighted by Crippen LogP contribution is 2.29. The third-order valence-electron chi connectivity index (χ3n) is 3.65. The number of aliphatic carboxylic acids is 1. The van der Waals surface area contributed by atoms with Gasteiger partial charge in [-0.3, -0.25) is 0 Å². The lowest BCUT2D eigenvalue weighted by molar-refractivity contribution is -0.131. The third kappa shape index (κ3) is 4.49. The van der Waals surface area contributed by atoms with Crippen molar-refractivity contribution in [3.63, 3.8) is 0 Å². The van der Waals surface area contributed by atoms with Crippen molar-refractivity contribution in [2.45, 2.75) is 18.6 Å². The van der Waals surface area contributed by atoms with Crippen molar-refractivity contribution < 1.29 is 28.3 Å². The van der Waals surface area contributed by atoms with Crippen molar-refractivity contribution in [2.75, 3.05) is 7.11 Å². The van der Waals surface area contributed by atoms with E-state index in [1.165, 1.54) is 13.2 Å². The number of furan rings is 1. The molecule has 0 saturated heterocycles. The van der Waals surface area contributed by atoms with Gasteiger partial charge in [0.05, 0.1) is 12.7 Å². The molecule has 0 aliphatic rings. The highest BCUT2D eigenvalue weighted by molar-refractivity contribution is 8.03. The van der Waals surface area contributed by atoms with Crippen molar-refractivity contribution in [3.8, 4) is 11.3 Å².